The van der Waals surface area contributed by atoms with E-state index in [9.17, 15) is 9.90 Å². The van der Waals surface area contributed by atoms with Gasteiger partial charge in [0, 0.05) is 41.2 Å². The maximum Gasteiger partial charge on any atom is 0.374 e. The van der Waals surface area contributed by atoms with Crippen molar-refractivity contribution in [3.05, 3.63) is 107 Å². The smallest absolute Gasteiger partial charge is 0.374 e. The van der Waals surface area contributed by atoms with Gasteiger partial charge >= 0.3 is 5.97 Å². The van der Waals surface area contributed by atoms with Crippen LogP contribution in [0.25, 0.3) is 22.0 Å². The lowest BCUT2D eigenvalue weighted by Crippen LogP contribution is -2.10. The standard InChI is InChI=1S/C28H25N3O4/c1-2-31-15-19(21-12-11-18(26(29)30)14-24(21)31)13-17-7-3-4-8-20(17)22-9-5-6-10-23(22)28-34-16-25(35-28)27(32)33/h3-12,14-16,28H,2,13H2,1H3,(H3,29,30)(H,32,33). The van der Waals surface area contributed by atoms with Crippen LogP contribution in [0.5, 0.6) is 0 Å². The van der Waals surface area contributed by atoms with E-state index in [1.807, 2.05) is 54.6 Å². The molecule has 0 amide bonds. The van der Waals surface area contributed by atoms with Gasteiger partial charge in [0.2, 0.25) is 5.76 Å². The number of fused-ring (bicyclic) bond motifs is 1. The second-order valence-electron chi connectivity index (χ2n) is 8.38. The Morgan fingerprint density at radius 2 is 1.80 bits per heavy atom. The molecule has 0 spiro atoms. The zero-order valence-electron chi connectivity index (χ0n) is 19.2. The summed E-state index contributed by atoms with van der Waals surface area (Å²) >= 11 is 0. The van der Waals surface area contributed by atoms with Gasteiger partial charge in [0.25, 0.3) is 6.29 Å². The van der Waals surface area contributed by atoms with E-state index in [1.165, 1.54) is 5.56 Å². The molecule has 0 saturated carbocycles. The van der Waals surface area contributed by atoms with E-state index in [0.29, 0.717) is 12.0 Å². The second kappa shape index (κ2) is 9.02. The molecule has 5 rings (SSSR count). The molecule has 1 aromatic heterocycles. The van der Waals surface area contributed by atoms with Gasteiger partial charge < -0.3 is 24.9 Å². The average molecular weight is 468 g/mol. The molecule has 3 aromatic carbocycles. The number of carboxylic acids is 1. The summed E-state index contributed by atoms with van der Waals surface area (Å²) in [5.41, 5.74) is 12.5. The molecule has 1 atom stereocenters. The van der Waals surface area contributed by atoms with Gasteiger partial charge in [-0.2, -0.15) is 0 Å². The number of ether oxygens (including phenoxy) is 2. The van der Waals surface area contributed by atoms with Crippen LogP contribution in [-0.4, -0.2) is 21.5 Å². The Morgan fingerprint density at radius 1 is 1.06 bits per heavy atom. The van der Waals surface area contributed by atoms with Crippen LogP contribution in [0.2, 0.25) is 0 Å². The van der Waals surface area contributed by atoms with Crippen LogP contribution < -0.4 is 5.73 Å². The highest BCUT2D eigenvalue weighted by Gasteiger charge is 2.28. The molecule has 2 heterocycles. The highest BCUT2D eigenvalue weighted by molar-refractivity contribution is 5.99. The van der Waals surface area contributed by atoms with Crippen LogP contribution >= 0.6 is 0 Å². The number of aliphatic carboxylic acids is 1. The van der Waals surface area contributed by atoms with Crippen molar-refractivity contribution < 1.29 is 19.4 Å². The zero-order valence-corrected chi connectivity index (χ0v) is 19.2. The molecule has 4 aromatic rings. The molecule has 35 heavy (non-hydrogen) atoms. The van der Waals surface area contributed by atoms with E-state index in [4.69, 9.17) is 20.6 Å². The minimum absolute atomic E-state index is 0.0520. The van der Waals surface area contributed by atoms with Crippen molar-refractivity contribution >= 4 is 22.7 Å². The third-order valence-electron chi connectivity index (χ3n) is 6.26. The average Bonchev–Trinajstić information content (AvgIpc) is 3.50. The highest BCUT2D eigenvalue weighted by atomic mass is 16.7. The number of aryl methyl sites for hydroxylation is 1. The fourth-order valence-electron chi connectivity index (χ4n) is 4.56. The molecule has 1 aliphatic heterocycles. The maximum absolute atomic E-state index is 11.3. The van der Waals surface area contributed by atoms with Crippen molar-refractivity contribution in [3.63, 3.8) is 0 Å². The van der Waals surface area contributed by atoms with Crippen LogP contribution in [0.15, 0.2) is 84.9 Å². The van der Waals surface area contributed by atoms with Crippen molar-refractivity contribution in [1.29, 1.82) is 5.41 Å². The number of nitrogens with two attached hydrogens (primary N) is 1. The number of rotatable bonds is 7. The van der Waals surface area contributed by atoms with Crippen LogP contribution in [0.4, 0.5) is 0 Å². The molecule has 1 aliphatic rings. The number of carboxylic acid groups (broad SMARTS) is 1. The third-order valence-corrected chi connectivity index (χ3v) is 6.26. The Hall–Kier alpha value is -4.52. The van der Waals surface area contributed by atoms with E-state index in [0.717, 1.165) is 46.0 Å². The largest absolute Gasteiger partial charge is 0.475 e. The van der Waals surface area contributed by atoms with E-state index in [2.05, 4.69) is 29.8 Å². The molecule has 1 unspecified atom stereocenters. The van der Waals surface area contributed by atoms with Crippen LogP contribution in [-0.2, 0) is 27.2 Å². The minimum atomic E-state index is -1.16. The summed E-state index contributed by atoms with van der Waals surface area (Å²) in [6, 6.07) is 21.8. The predicted molar refractivity (Wildman–Crippen MR) is 134 cm³/mol. The fraction of sp³-hybridized carbons (Fsp3) is 0.143. The molecular weight excluding hydrogens is 442 g/mol. The summed E-state index contributed by atoms with van der Waals surface area (Å²) in [5.74, 6) is -1.32. The van der Waals surface area contributed by atoms with Crippen molar-refractivity contribution in [2.45, 2.75) is 26.2 Å². The lowest BCUT2D eigenvalue weighted by atomic mass is 9.92. The molecule has 176 valence electrons. The molecule has 0 bridgehead atoms. The van der Waals surface area contributed by atoms with Crippen molar-refractivity contribution in [2.75, 3.05) is 0 Å². The van der Waals surface area contributed by atoms with E-state index in [-0.39, 0.29) is 11.6 Å². The first-order chi connectivity index (χ1) is 17.0. The second-order valence-corrected chi connectivity index (χ2v) is 8.38. The Labute approximate surface area is 202 Å². The number of nitrogens with one attached hydrogen (secondary N) is 1. The Bertz CT molecular complexity index is 1480. The molecule has 0 saturated heterocycles. The van der Waals surface area contributed by atoms with Crippen molar-refractivity contribution in [1.82, 2.24) is 4.57 Å². The predicted octanol–water partition coefficient (Wildman–Crippen LogP) is 5.17. The Kier molecular flexibility index (Phi) is 5.74. The van der Waals surface area contributed by atoms with E-state index in [1.54, 1.807) is 0 Å². The van der Waals surface area contributed by atoms with Crippen molar-refractivity contribution in [3.8, 4) is 11.1 Å². The van der Waals surface area contributed by atoms with Crippen molar-refractivity contribution in [2.24, 2.45) is 5.73 Å². The number of amidine groups is 1. The van der Waals surface area contributed by atoms with Gasteiger partial charge in [0.05, 0.1) is 0 Å². The van der Waals surface area contributed by atoms with Gasteiger partial charge in [0.15, 0.2) is 0 Å². The number of benzene rings is 3. The summed E-state index contributed by atoms with van der Waals surface area (Å²) in [6.45, 7) is 2.90. The fourth-order valence-corrected chi connectivity index (χ4v) is 4.56. The van der Waals surface area contributed by atoms with Gasteiger partial charge in [0.1, 0.15) is 12.1 Å². The first kappa shape index (κ1) is 22.3. The minimum Gasteiger partial charge on any atom is -0.475 e. The number of carbonyl (C=O) groups is 1. The SMILES string of the molecule is CCn1cc(Cc2ccccc2-c2ccccc2C2OC=C(C(=O)O)O2)c2ccc(C(=N)N)cc21. The first-order valence-electron chi connectivity index (χ1n) is 11.3. The summed E-state index contributed by atoms with van der Waals surface area (Å²) in [6.07, 6.45) is 3.17. The zero-order chi connectivity index (χ0) is 24.5. The first-order valence-corrected chi connectivity index (χ1v) is 11.3. The third kappa shape index (κ3) is 4.12. The Morgan fingerprint density at radius 3 is 2.51 bits per heavy atom. The normalized spacial score (nSPS) is 14.9. The molecular formula is C28H25N3O4. The van der Waals surface area contributed by atoms with Crippen LogP contribution in [0, 0.1) is 5.41 Å². The monoisotopic (exact) mass is 467 g/mol. The summed E-state index contributed by atoms with van der Waals surface area (Å²) in [7, 11) is 0. The number of nitrogens with zero attached hydrogens (tertiary/aromatic N) is 1. The van der Waals surface area contributed by atoms with Gasteiger partial charge in [-0.05, 0) is 35.2 Å². The van der Waals surface area contributed by atoms with Crippen LogP contribution in [0.3, 0.4) is 0 Å². The summed E-state index contributed by atoms with van der Waals surface area (Å²) in [5, 5.41) is 18.1. The summed E-state index contributed by atoms with van der Waals surface area (Å²) in [4.78, 5) is 11.3. The number of hydrogen-bond donors (Lipinski definition) is 3. The van der Waals surface area contributed by atoms with Crippen LogP contribution in [0.1, 0.15) is 35.5 Å². The molecule has 4 N–H and O–H groups in total. The van der Waals surface area contributed by atoms with E-state index >= 15 is 0 Å². The van der Waals surface area contributed by atoms with E-state index < -0.39 is 12.3 Å². The topological polar surface area (TPSA) is 111 Å². The maximum atomic E-state index is 11.3. The van der Waals surface area contributed by atoms with Gasteiger partial charge in [-0.1, -0.05) is 60.7 Å². The molecule has 0 aliphatic carbocycles. The quantitative estimate of drug-likeness (QED) is 0.256. The number of hydrogen-bond acceptors (Lipinski definition) is 4. The molecule has 7 heteroatoms. The molecule has 0 fully saturated rings. The molecule has 0 radical (unpaired) electrons. The summed E-state index contributed by atoms with van der Waals surface area (Å²) < 4.78 is 13.3. The van der Waals surface area contributed by atoms with Gasteiger partial charge in [-0.25, -0.2) is 4.79 Å². The molecule has 7 nitrogen and oxygen atoms in total. The number of nitrogen functional groups attached to an aromatic ring is 1. The Balaban J connectivity index is 1.55. The van der Waals surface area contributed by atoms with Gasteiger partial charge in [-0.15, -0.1) is 0 Å². The highest BCUT2D eigenvalue weighted by Crippen LogP contribution is 2.37. The van der Waals surface area contributed by atoms with Gasteiger partial charge in [-0.3, -0.25) is 5.41 Å². The lowest BCUT2D eigenvalue weighted by molar-refractivity contribution is -0.139. The lowest BCUT2D eigenvalue weighted by Gasteiger charge is -2.18. The number of aromatic nitrogens is 1.